The van der Waals surface area contributed by atoms with Crippen LogP contribution in [0.4, 0.5) is 10.1 Å². The van der Waals surface area contributed by atoms with E-state index in [4.69, 9.17) is 5.11 Å². The summed E-state index contributed by atoms with van der Waals surface area (Å²) in [7, 11) is 0. The van der Waals surface area contributed by atoms with E-state index in [0.717, 1.165) is 31.9 Å². The maximum atomic E-state index is 14.3. The fourth-order valence-electron chi connectivity index (χ4n) is 2.29. The molecule has 4 heteroatoms. The Bertz CT molecular complexity index is 498. The van der Waals surface area contributed by atoms with Crippen molar-refractivity contribution in [3.8, 4) is 0 Å². The smallest absolute Gasteiger partial charge is 0.328 e. The second-order valence-corrected chi connectivity index (χ2v) is 5.34. The summed E-state index contributed by atoms with van der Waals surface area (Å²) in [6, 6.07) is 4.91. The van der Waals surface area contributed by atoms with Crippen LogP contribution in [0.1, 0.15) is 45.6 Å². The van der Waals surface area contributed by atoms with Gasteiger partial charge in [0.1, 0.15) is 5.82 Å². The highest BCUT2D eigenvalue weighted by Gasteiger charge is 2.17. The summed E-state index contributed by atoms with van der Waals surface area (Å²) in [5.74, 6) is -1.35. The van der Waals surface area contributed by atoms with Crippen molar-refractivity contribution in [1.29, 1.82) is 0 Å². The standard InChI is InChI=1S/C17H24FNO2/c1-4-5-6-12-19(13(2)3)17-14(10-11-16(20)21)8-7-9-15(17)18/h7-11,13H,4-6,12H2,1-3H3,(H,20,21)/b11-10+. The summed E-state index contributed by atoms with van der Waals surface area (Å²) in [6.45, 7) is 6.93. The first kappa shape index (κ1) is 17.2. The second-order valence-electron chi connectivity index (χ2n) is 5.34. The van der Waals surface area contributed by atoms with Gasteiger partial charge in [0, 0.05) is 24.2 Å². The van der Waals surface area contributed by atoms with E-state index >= 15 is 0 Å². The van der Waals surface area contributed by atoms with Crippen LogP contribution in [0.3, 0.4) is 0 Å². The Morgan fingerprint density at radius 1 is 1.38 bits per heavy atom. The SMILES string of the molecule is CCCCCN(c1c(F)cccc1/C=C/C(=O)O)C(C)C. The molecule has 116 valence electrons. The molecule has 0 aliphatic rings. The molecule has 0 unspecified atom stereocenters. The van der Waals surface area contributed by atoms with E-state index in [2.05, 4.69) is 6.92 Å². The summed E-state index contributed by atoms with van der Waals surface area (Å²) in [4.78, 5) is 12.7. The molecule has 0 bridgehead atoms. The van der Waals surface area contributed by atoms with E-state index in [0.29, 0.717) is 11.3 Å². The van der Waals surface area contributed by atoms with Gasteiger partial charge in [-0.05, 0) is 32.4 Å². The molecule has 0 aromatic heterocycles. The van der Waals surface area contributed by atoms with Crippen LogP contribution >= 0.6 is 0 Å². The second kappa shape index (κ2) is 8.45. The number of benzene rings is 1. The highest BCUT2D eigenvalue weighted by Crippen LogP contribution is 2.28. The zero-order chi connectivity index (χ0) is 15.8. The van der Waals surface area contributed by atoms with Crippen molar-refractivity contribution >= 4 is 17.7 Å². The minimum absolute atomic E-state index is 0.149. The normalized spacial score (nSPS) is 11.3. The van der Waals surface area contributed by atoms with Crippen LogP contribution in [0.5, 0.6) is 0 Å². The molecule has 0 aliphatic carbocycles. The summed E-state index contributed by atoms with van der Waals surface area (Å²) < 4.78 is 14.3. The van der Waals surface area contributed by atoms with Crippen LogP contribution in [0.2, 0.25) is 0 Å². The first-order chi connectivity index (χ1) is 9.97. The molecular weight excluding hydrogens is 269 g/mol. The predicted octanol–water partition coefficient (Wildman–Crippen LogP) is 4.33. The van der Waals surface area contributed by atoms with Crippen molar-refractivity contribution in [1.82, 2.24) is 0 Å². The number of aliphatic carboxylic acids is 1. The Morgan fingerprint density at radius 3 is 2.67 bits per heavy atom. The maximum Gasteiger partial charge on any atom is 0.328 e. The predicted molar refractivity (Wildman–Crippen MR) is 85.1 cm³/mol. The van der Waals surface area contributed by atoms with Crippen LogP contribution in [0.25, 0.3) is 6.08 Å². The van der Waals surface area contributed by atoms with Gasteiger partial charge in [0.15, 0.2) is 0 Å². The lowest BCUT2D eigenvalue weighted by Gasteiger charge is -2.31. The Labute approximate surface area is 126 Å². The fraction of sp³-hybridized carbons (Fsp3) is 0.471. The van der Waals surface area contributed by atoms with Gasteiger partial charge >= 0.3 is 5.97 Å². The summed E-state index contributed by atoms with van der Waals surface area (Å²) in [6.07, 6.45) is 5.69. The minimum Gasteiger partial charge on any atom is -0.478 e. The van der Waals surface area contributed by atoms with Gasteiger partial charge in [-0.15, -0.1) is 0 Å². The lowest BCUT2D eigenvalue weighted by Crippen LogP contribution is -2.33. The van der Waals surface area contributed by atoms with Gasteiger partial charge in [-0.1, -0.05) is 31.9 Å². The van der Waals surface area contributed by atoms with Crippen LogP contribution in [0, 0.1) is 5.82 Å². The number of carboxylic acid groups (broad SMARTS) is 1. The number of carboxylic acids is 1. The molecule has 21 heavy (non-hydrogen) atoms. The molecule has 0 amide bonds. The molecular formula is C17H24FNO2. The molecule has 0 spiro atoms. The van der Waals surface area contributed by atoms with Crippen LogP contribution in [-0.2, 0) is 4.79 Å². The molecule has 1 rings (SSSR count). The number of carbonyl (C=O) groups is 1. The van der Waals surface area contributed by atoms with E-state index in [1.54, 1.807) is 12.1 Å². The molecule has 3 nitrogen and oxygen atoms in total. The zero-order valence-corrected chi connectivity index (χ0v) is 13.0. The van der Waals surface area contributed by atoms with Crippen molar-refractivity contribution in [3.63, 3.8) is 0 Å². The van der Waals surface area contributed by atoms with Crippen molar-refractivity contribution in [2.75, 3.05) is 11.4 Å². The van der Waals surface area contributed by atoms with Gasteiger partial charge in [0.05, 0.1) is 5.69 Å². The van der Waals surface area contributed by atoms with Crippen molar-refractivity contribution in [3.05, 3.63) is 35.7 Å². The Morgan fingerprint density at radius 2 is 2.10 bits per heavy atom. The third kappa shape index (κ3) is 5.21. The molecule has 1 N–H and O–H groups in total. The van der Waals surface area contributed by atoms with E-state index in [9.17, 15) is 9.18 Å². The molecule has 0 radical (unpaired) electrons. The summed E-state index contributed by atoms with van der Waals surface area (Å²) >= 11 is 0. The average Bonchev–Trinajstić information content (AvgIpc) is 2.42. The van der Waals surface area contributed by atoms with Gasteiger partial charge in [0.25, 0.3) is 0 Å². The minimum atomic E-state index is -1.03. The maximum absolute atomic E-state index is 14.3. The highest BCUT2D eigenvalue weighted by atomic mass is 19.1. The quantitative estimate of drug-likeness (QED) is 0.573. The topological polar surface area (TPSA) is 40.5 Å². The number of hydrogen-bond donors (Lipinski definition) is 1. The molecule has 1 aromatic carbocycles. The number of nitrogens with zero attached hydrogens (tertiary/aromatic N) is 1. The van der Waals surface area contributed by atoms with Crippen molar-refractivity contribution in [2.45, 2.75) is 46.1 Å². The zero-order valence-electron chi connectivity index (χ0n) is 13.0. The van der Waals surface area contributed by atoms with Crippen molar-refractivity contribution < 1.29 is 14.3 Å². The largest absolute Gasteiger partial charge is 0.478 e. The molecule has 0 saturated carbocycles. The molecule has 1 aromatic rings. The van der Waals surface area contributed by atoms with Gasteiger partial charge in [-0.3, -0.25) is 0 Å². The first-order valence-corrected chi connectivity index (χ1v) is 7.43. The Hall–Kier alpha value is -1.84. The fourth-order valence-corrected chi connectivity index (χ4v) is 2.29. The van der Waals surface area contributed by atoms with Gasteiger partial charge in [0.2, 0.25) is 0 Å². The van der Waals surface area contributed by atoms with Gasteiger partial charge < -0.3 is 10.0 Å². The van der Waals surface area contributed by atoms with Crippen molar-refractivity contribution in [2.24, 2.45) is 0 Å². The Kier molecular flexibility index (Phi) is 6.92. The number of para-hydroxylation sites is 1. The van der Waals surface area contributed by atoms with E-state index in [1.165, 1.54) is 12.1 Å². The molecule has 0 aliphatic heterocycles. The van der Waals surface area contributed by atoms with Gasteiger partial charge in [-0.25, -0.2) is 9.18 Å². The lowest BCUT2D eigenvalue weighted by molar-refractivity contribution is -0.131. The number of anilines is 1. The van der Waals surface area contributed by atoms with Gasteiger partial charge in [-0.2, -0.15) is 0 Å². The Balaban J connectivity index is 3.13. The average molecular weight is 293 g/mol. The number of rotatable bonds is 8. The van der Waals surface area contributed by atoms with E-state index in [-0.39, 0.29) is 11.9 Å². The van der Waals surface area contributed by atoms with Crippen LogP contribution in [-0.4, -0.2) is 23.7 Å². The van der Waals surface area contributed by atoms with Crippen LogP contribution in [0.15, 0.2) is 24.3 Å². The highest BCUT2D eigenvalue weighted by molar-refractivity contribution is 5.87. The number of unbranched alkanes of at least 4 members (excludes halogenated alkanes) is 2. The van der Waals surface area contributed by atoms with E-state index < -0.39 is 5.97 Å². The third-order valence-electron chi connectivity index (χ3n) is 3.34. The molecule has 0 atom stereocenters. The first-order valence-electron chi connectivity index (χ1n) is 7.43. The third-order valence-corrected chi connectivity index (χ3v) is 3.34. The number of hydrogen-bond acceptors (Lipinski definition) is 2. The lowest BCUT2D eigenvalue weighted by atomic mass is 10.1. The summed E-state index contributed by atoms with van der Waals surface area (Å²) in [5, 5.41) is 8.76. The van der Waals surface area contributed by atoms with E-state index in [1.807, 2.05) is 18.7 Å². The summed E-state index contributed by atoms with van der Waals surface area (Å²) in [5.41, 5.74) is 1.09. The molecule has 0 heterocycles. The van der Waals surface area contributed by atoms with Crippen LogP contribution < -0.4 is 4.90 Å². The molecule has 0 fully saturated rings. The molecule has 0 saturated heterocycles. The monoisotopic (exact) mass is 293 g/mol. The number of halogens is 1.